The molecule has 1 saturated carbocycles. The zero-order chi connectivity index (χ0) is 31.7. The van der Waals surface area contributed by atoms with Crippen LogP contribution in [-0.2, 0) is 14.8 Å². The van der Waals surface area contributed by atoms with Gasteiger partial charge in [-0.05, 0) is 73.6 Å². The lowest BCUT2D eigenvalue weighted by Gasteiger charge is -2.19. The molecule has 2 unspecified atom stereocenters. The molecule has 1 aromatic carbocycles. The molecule has 3 heterocycles. The van der Waals surface area contributed by atoms with E-state index in [1.807, 2.05) is 19.9 Å². The second-order valence-corrected chi connectivity index (χ2v) is 13.7. The first-order chi connectivity index (χ1) is 21.6. The molecule has 0 radical (unpaired) electrons. The van der Waals surface area contributed by atoms with Gasteiger partial charge in [-0.3, -0.25) is 19.7 Å². The molecule has 12 heteroatoms. The maximum atomic E-state index is 13.8. The number of benzene rings is 1. The van der Waals surface area contributed by atoms with Crippen LogP contribution in [0.3, 0.4) is 0 Å². The minimum atomic E-state index is -3.91. The van der Waals surface area contributed by atoms with E-state index in [4.69, 9.17) is 9.72 Å². The Morgan fingerprint density at radius 3 is 2.51 bits per heavy atom. The number of fused-ring (bicyclic) bond motifs is 3. The number of anilines is 1. The Balaban J connectivity index is 1.47. The SMILES string of the molecule is CCOC(=O)c1cncc(NC2CC(NC(=O)c3cccnc3)c3cc(S(=O)(=O)NCC(C)C)c4cc(C5CC5)ncc4c32)c1. The fourth-order valence-electron chi connectivity index (χ4n) is 5.73. The van der Waals surface area contributed by atoms with Gasteiger partial charge in [0.2, 0.25) is 10.0 Å². The minimum absolute atomic E-state index is 0.114. The number of ether oxygens (including phenoxy) is 1. The number of hydrogen-bond acceptors (Lipinski definition) is 9. The van der Waals surface area contributed by atoms with Crippen molar-refractivity contribution in [3.8, 4) is 0 Å². The molecule has 3 aromatic heterocycles. The van der Waals surface area contributed by atoms with Crippen LogP contribution in [0.15, 0.2) is 66.2 Å². The molecule has 0 saturated heterocycles. The van der Waals surface area contributed by atoms with Crippen molar-refractivity contribution in [2.45, 2.75) is 62.9 Å². The van der Waals surface area contributed by atoms with Crippen LogP contribution in [-0.4, -0.2) is 48.4 Å². The maximum absolute atomic E-state index is 13.8. The van der Waals surface area contributed by atoms with E-state index in [1.165, 1.54) is 12.4 Å². The Morgan fingerprint density at radius 1 is 1.00 bits per heavy atom. The Kier molecular flexibility index (Phi) is 8.52. The monoisotopic (exact) mass is 628 g/mol. The molecular formula is C33H36N6O5S. The number of esters is 1. The summed E-state index contributed by atoms with van der Waals surface area (Å²) in [5, 5.41) is 7.87. The molecule has 0 bridgehead atoms. The number of hydrogen-bond donors (Lipinski definition) is 3. The van der Waals surface area contributed by atoms with Gasteiger partial charge in [0.05, 0.1) is 40.4 Å². The lowest BCUT2D eigenvalue weighted by Crippen LogP contribution is -2.29. The van der Waals surface area contributed by atoms with Gasteiger partial charge < -0.3 is 15.4 Å². The second kappa shape index (κ2) is 12.5. The summed E-state index contributed by atoms with van der Waals surface area (Å²) in [5.41, 5.74) is 3.67. The van der Waals surface area contributed by atoms with Gasteiger partial charge in [0.1, 0.15) is 0 Å². The molecule has 4 aromatic rings. The van der Waals surface area contributed by atoms with Crippen molar-refractivity contribution in [3.63, 3.8) is 0 Å². The number of amides is 1. The van der Waals surface area contributed by atoms with Crippen LogP contribution in [0.1, 0.15) is 95.6 Å². The lowest BCUT2D eigenvalue weighted by atomic mass is 9.98. The van der Waals surface area contributed by atoms with Gasteiger partial charge in [-0.25, -0.2) is 17.9 Å². The van der Waals surface area contributed by atoms with E-state index >= 15 is 0 Å². The van der Waals surface area contributed by atoms with Crippen molar-refractivity contribution >= 4 is 38.4 Å². The molecule has 0 aliphatic heterocycles. The van der Waals surface area contributed by atoms with E-state index in [0.29, 0.717) is 45.5 Å². The molecule has 45 heavy (non-hydrogen) atoms. The first-order valence-electron chi connectivity index (χ1n) is 15.2. The van der Waals surface area contributed by atoms with E-state index in [0.717, 1.165) is 24.1 Å². The summed E-state index contributed by atoms with van der Waals surface area (Å²) in [6.45, 7) is 6.17. The van der Waals surface area contributed by atoms with Gasteiger partial charge in [-0.15, -0.1) is 0 Å². The average molecular weight is 629 g/mol. The molecule has 2 aliphatic carbocycles. The zero-order valence-electron chi connectivity index (χ0n) is 25.4. The minimum Gasteiger partial charge on any atom is -0.462 e. The summed E-state index contributed by atoms with van der Waals surface area (Å²) in [4.78, 5) is 39.0. The highest BCUT2D eigenvalue weighted by molar-refractivity contribution is 7.89. The van der Waals surface area contributed by atoms with Crippen LogP contribution in [0.25, 0.3) is 10.8 Å². The van der Waals surface area contributed by atoms with Gasteiger partial charge in [-0.2, -0.15) is 0 Å². The fourth-order valence-corrected chi connectivity index (χ4v) is 7.18. The van der Waals surface area contributed by atoms with E-state index < -0.39 is 22.0 Å². The lowest BCUT2D eigenvalue weighted by molar-refractivity contribution is 0.0525. The van der Waals surface area contributed by atoms with Gasteiger partial charge >= 0.3 is 5.97 Å². The summed E-state index contributed by atoms with van der Waals surface area (Å²) >= 11 is 0. The zero-order valence-corrected chi connectivity index (χ0v) is 26.2. The summed E-state index contributed by atoms with van der Waals surface area (Å²) in [6.07, 6.45) is 10.4. The highest BCUT2D eigenvalue weighted by Gasteiger charge is 2.37. The molecule has 1 amide bonds. The molecule has 2 aliphatic rings. The Bertz CT molecular complexity index is 1860. The van der Waals surface area contributed by atoms with Gasteiger partial charge in [0, 0.05) is 59.9 Å². The fraction of sp³-hybridized carbons (Fsp3) is 0.364. The molecule has 1 fully saturated rings. The number of sulfonamides is 1. The van der Waals surface area contributed by atoms with Gasteiger partial charge in [0.25, 0.3) is 5.91 Å². The third-order valence-electron chi connectivity index (χ3n) is 8.06. The number of nitrogens with zero attached hydrogens (tertiary/aromatic N) is 3. The average Bonchev–Trinajstić information content (AvgIpc) is 3.83. The van der Waals surface area contributed by atoms with Crippen molar-refractivity contribution in [1.82, 2.24) is 25.0 Å². The number of rotatable bonds is 11. The molecule has 2 atom stereocenters. The van der Waals surface area contributed by atoms with E-state index in [2.05, 4.69) is 25.3 Å². The topological polar surface area (TPSA) is 152 Å². The number of aromatic nitrogens is 3. The van der Waals surface area contributed by atoms with Gasteiger partial charge in [0.15, 0.2) is 0 Å². The van der Waals surface area contributed by atoms with Crippen LogP contribution in [0, 0.1) is 5.92 Å². The van der Waals surface area contributed by atoms with E-state index in [1.54, 1.807) is 49.8 Å². The normalized spacial score (nSPS) is 17.7. The van der Waals surface area contributed by atoms with Crippen molar-refractivity contribution in [1.29, 1.82) is 0 Å². The molecular weight excluding hydrogens is 592 g/mol. The first-order valence-corrected chi connectivity index (χ1v) is 16.7. The quantitative estimate of drug-likeness (QED) is 0.194. The predicted octanol–water partition coefficient (Wildman–Crippen LogP) is 5.04. The highest BCUT2D eigenvalue weighted by Crippen LogP contribution is 2.47. The Labute approximate surface area is 262 Å². The number of carbonyl (C=O) groups is 2. The van der Waals surface area contributed by atoms with E-state index in [9.17, 15) is 18.0 Å². The number of nitrogens with one attached hydrogen (secondary N) is 3. The third-order valence-corrected chi connectivity index (χ3v) is 9.52. The van der Waals surface area contributed by atoms with Crippen LogP contribution in [0.2, 0.25) is 0 Å². The van der Waals surface area contributed by atoms with Crippen LogP contribution >= 0.6 is 0 Å². The molecule has 6 rings (SSSR count). The first kappa shape index (κ1) is 30.6. The number of carbonyl (C=O) groups excluding carboxylic acids is 2. The smallest absolute Gasteiger partial charge is 0.339 e. The van der Waals surface area contributed by atoms with Gasteiger partial charge in [-0.1, -0.05) is 13.8 Å². The summed E-state index contributed by atoms with van der Waals surface area (Å²) < 4.78 is 35.6. The Hall–Kier alpha value is -4.42. The molecule has 3 N–H and O–H groups in total. The van der Waals surface area contributed by atoms with Crippen molar-refractivity contribution in [2.75, 3.05) is 18.5 Å². The van der Waals surface area contributed by atoms with E-state index in [-0.39, 0.29) is 35.9 Å². The second-order valence-electron chi connectivity index (χ2n) is 11.9. The Morgan fingerprint density at radius 2 is 1.80 bits per heavy atom. The summed E-state index contributed by atoms with van der Waals surface area (Å²) in [5.74, 6) is -0.370. The van der Waals surface area contributed by atoms with Crippen molar-refractivity contribution in [3.05, 3.63) is 89.3 Å². The van der Waals surface area contributed by atoms with Crippen LogP contribution in [0.4, 0.5) is 5.69 Å². The predicted molar refractivity (Wildman–Crippen MR) is 169 cm³/mol. The largest absolute Gasteiger partial charge is 0.462 e. The standard InChI is InChI=1S/C33H36N6O5S/c1-4-44-33(41)22-10-23(17-35-16-22)38-29-13-28(39-32(40)21-6-5-9-34-15-21)25-12-30(45(42,43)37-14-19(2)3)24-11-27(20-7-8-20)36-18-26(24)31(25)29/h5-6,9-12,15-20,28-29,37-38H,4,7-8,13-14H2,1-3H3,(H,39,40). The summed E-state index contributed by atoms with van der Waals surface area (Å²) in [7, 11) is -3.91. The van der Waals surface area contributed by atoms with Crippen LogP contribution < -0.4 is 15.4 Å². The van der Waals surface area contributed by atoms with Crippen molar-refractivity contribution in [2.24, 2.45) is 5.92 Å². The summed E-state index contributed by atoms with van der Waals surface area (Å²) in [6, 6.07) is 7.74. The highest BCUT2D eigenvalue weighted by atomic mass is 32.2. The molecule has 234 valence electrons. The molecule has 0 spiro atoms. The molecule has 11 nitrogen and oxygen atoms in total. The maximum Gasteiger partial charge on any atom is 0.339 e. The van der Waals surface area contributed by atoms with Crippen LogP contribution in [0.5, 0.6) is 0 Å². The third kappa shape index (κ3) is 6.52. The van der Waals surface area contributed by atoms with Crippen molar-refractivity contribution < 1.29 is 22.7 Å². The number of pyridine rings is 3.